The number of aryl methyl sites for hydroxylation is 1. The number of rotatable bonds is 5. The van der Waals surface area contributed by atoms with E-state index in [2.05, 4.69) is 22.2 Å². The molecule has 0 unspecified atom stereocenters. The van der Waals surface area contributed by atoms with E-state index in [1.807, 2.05) is 6.07 Å². The Balaban J connectivity index is 1.88. The number of nitrogens with two attached hydrogens (primary N) is 1. The van der Waals surface area contributed by atoms with E-state index in [1.165, 1.54) is 0 Å². The first-order valence-electron chi connectivity index (χ1n) is 7.05. The summed E-state index contributed by atoms with van der Waals surface area (Å²) < 4.78 is 0. The molecule has 0 spiro atoms. The number of hydrogen-bond donors (Lipinski definition) is 2. The highest BCUT2D eigenvalue weighted by Crippen LogP contribution is 2.25. The number of aromatic nitrogens is 2. The van der Waals surface area contributed by atoms with Gasteiger partial charge in [-0.05, 0) is 32.1 Å². The summed E-state index contributed by atoms with van der Waals surface area (Å²) in [5.74, 6) is 0.783. The van der Waals surface area contributed by atoms with Crippen LogP contribution in [0.2, 0.25) is 0 Å². The molecule has 1 aliphatic carbocycles. The van der Waals surface area contributed by atoms with Crippen molar-refractivity contribution in [2.75, 3.05) is 5.32 Å². The lowest BCUT2D eigenvalue weighted by Gasteiger charge is -2.27. The van der Waals surface area contributed by atoms with Crippen LogP contribution in [0.3, 0.4) is 0 Å². The van der Waals surface area contributed by atoms with Crippen molar-refractivity contribution in [2.24, 2.45) is 11.7 Å². The molecule has 3 N–H and O–H groups in total. The van der Waals surface area contributed by atoms with Gasteiger partial charge in [0.15, 0.2) is 0 Å². The number of nitrogens with zero attached hydrogens (tertiary/aromatic N) is 2. The summed E-state index contributed by atoms with van der Waals surface area (Å²) in [7, 11) is 0. The van der Waals surface area contributed by atoms with Crippen LogP contribution in [-0.4, -0.2) is 21.9 Å². The molecular formula is C14H22N4O. The topological polar surface area (TPSA) is 80.9 Å². The minimum atomic E-state index is -0.161. The van der Waals surface area contributed by atoms with Gasteiger partial charge >= 0.3 is 0 Å². The molecule has 1 saturated carbocycles. The summed E-state index contributed by atoms with van der Waals surface area (Å²) >= 11 is 0. The van der Waals surface area contributed by atoms with Gasteiger partial charge < -0.3 is 11.1 Å². The zero-order valence-corrected chi connectivity index (χ0v) is 11.4. The van der Waals surface area contributed by atoms with Gasteiger partial charge in [0, 0.05) is 23.7 Å². The molecule has 1 aliphatic rings. The highest BCUT2D eigenvalue weighted by molar-refractivity contribution is 5.76. The highest BCUT2D eigenvalue weighted by atomic mass is 16.1. The molecule has 2 rings (SSSR count). The molecule has 5 heteroatoms. The third-order valence-electron chi connectivity index (χ3n) is 3.71. The third kappa shape index (κ3) is 3.91. The fourth-order valence-corrected chi connectivity index (χ4v) is 2.60. The summed E-state index contributed by atoms with van der Waals surface area (Å²) in [6.45, 7) is 2.14. The SMILES string of the molecule is CCCc1cc(NC2CCC(C(N)=O)CC2)ncn1. The van der Waals surface area contributed by atoms with E-state index in [4.69, 9.17) is 5.73 Å². The fourth-order valence-electron chi connectivity index (χ4n) is 2.60. The lowest BCUT2D eigenvalue weighted by atomic mass is 9.85. The zero-order chi connectivity index (χ0) is 13.7. The molecule has 5 nitrogen and oxygen atoms in total. The Morgan fingerprint density at radius 1 is 1.37 bits per heavy atom. The van der Waals surface area contributed by atoms with E-state index in [0.29, 0.717) is 6.04 Å². The number of amides is 1. The summed E-state index contributed by atoms with van der Waals surface area (Å²) in [6, 6.07) is 2.41. The van der Waals surface area contributed by atoms with Crippen molar-refractivity contribution in [1.29, 1.82) is 0 Å². The van der Waals surface area contributed by atoms with Gasteiger partial charge in [0.2, 0.25) is 5.91 Å². The van der Waals surface area contributed by atoms with Crippen LogP contribution >= 0.6 is 0 Å². The Morgan fingerprint density at radius 3 is 2.74 bits per heavy atom. The lowest BCUT2D eigenvalue weighted by Crippen LogP contribution is -2.32. The van der Waals surface area contributed by atoms with Gasteiger partial charge in [-0.2, -0.15) is 0 Å². The Kier molecular flexibility index (Phi) is 4.71. The molecule has 0 saturated heterocycles. The molecule has 1 aromatic rings. The summed E-state index contributed by atoms with van der Waals surface area (Å²) in [4.78, 5) is 19.6. The largest absolute Gasteiger partial charge is 0.369 e. The summed E-state index contributed by atoms with van der Waals surface area (Å²) in [5.41, 5.74) is 6.41. The van der Waals surface area contributed by atoms with Crippen molar-refractivity contribution in [3.8, 4) is 0 Å². The van der Waals surface area contributed by atoms with Crippen molar-refractivity contribution in [1.82, 2.24) is 9.97 Å². The number of nitrogens with one attached hydrogen (secondary N) is 1. The molecule has 0 atom stereocenters. The maximum absolute atomic E-state index is 11.1. The molecule has 1 amide bonds. The number of carbonyl (C=O) groups is 1. The third-order valence-corrected chi connectivity index (χ3v) is 3.71. The van der Waals surface area contributed by atoms with Gasteiger partial charge in [0.05, 0.1) is 0 Å². The van der Waals surface area contributed by atoms with Crippen molar-refractivity contribution < 1.29 is 4.79 Å². The normalized spacial score (nSPS) is 23.0. The molecular weight excluding hydrogens is 240 g/mol. The van der Waals surface area contributed by atoms with E-state index in [1.54, 1.807) is 6.33 Å². The predicted octanol–water partition coefficient (Wildman–Crippen LogP) is 1.89. The van der Waals surface area contributed by atoms with Crippen molar-refractivity contribution in [3.63, 3.8) is 0 Å². The van der Waals surface area contributed by atoms with Gasteiger partial charge in [-0.3, -0.25) is 4.79 Å². The first kappa shape index (κ1) is 13.8. The second-order valence-electron chi connectivity index (χ2n) is 5.24. The molecule has 1 fully saturated rings. The second-order valence-corrected chi connectivity index (χ2v) is 5.24. The van der Waals surface area contributed by atoms with Gasteiger partial charge in [-0.1, -0.05) is 13.3 Å². The number of anilines is 1. The van der Waals surface area contributed by atoms with E-state index in [-0.39, 0.29) is 11.8 Å². The van der Waals surface area contributed by atoms with Crippen LogP contribution in [0.4, 0.5) is 5.82 Å². The number of hydrogen-bond acceptors (Lipinski definition) is 4. The lowest BCUT2D eigenvalue weighted by molar-refractivity contribution is -0.122. The molecule has 104 valence electrons. The highest BCUT2D eigenvalue weighted by Gasteiger charge is 2.24. The Hall–Kier alpha value is -1.65. The minimum Gasteiger partial charge on any atom is -0.369 e. The minimum absolute atomic E-state index is 0.0547. The molecule has 19 heavy (non-hydrogen) atoms. The van der Waals surface area contributed by atoms with Crippen molar-refractivity contribution >= 4 is 11.7 Å². The predicted molar refractivity (Wildman–Crippen MR) is 74.6 cm³/mol. The second kappa shape index (κ2) is 6.50. The van der Waals surface area contributed by atoms with E-state index >= 15 is 0 Å². The van der Waals surface area contributed by atoms with E-state index in [9.17, 15) is 4.79 Å². The average Bonchev–Trinajstić information content (AvgIpc) is 2.40. The molecule has 0 bridgehead atoms. The maximum atomic E-state index is 11.1. The Labute approximate surface area is 114 Å². The van der Waals surface area contributed by atoms with Crippen molar-refractivity contribution in [2.45, 2.75) is 51.5 Å². The van der Waals surface area contributed by atoms with Crippen molar-refractivity contribution in [3.05, 3.63) is 18.1 Å². The first-order chi connectivity index (χ1) is 9.19. The number of primary amides is 1. The van der Waals surface area contributed by atoms with Gasteiger partial charge in [0.25, 0.3) is 0 Å². The molecule has 1 aromatic heterocycles. The van der Waals surface area contributed by atoms with Crippen LogP contribution in [0.1, 0.15) is 44.7 Å². The van der Waals surface area contributed by atoms with Gasteiger partial charge in [-0.25, -0.2) is 9.97 Å². The first-order valence-corrected chi connectivity index (χ1v) is 7.05. The van der Waals surface area contributed by atoms with Crippen LogP contribution in [0, 0.1) is 5.92 Å². The molecule has 0 aliphatic heterocycles. The molecule has 0 radical (unpaired) electrons. The molecule has 0 aromatic carbocycles. The number of carbonyl (C=O) groups excluding carboxylic acids is 1. The van der Waals surface area contributed by atoms with Crippen LogP contribution in [0.5, 0.6) is 0 Å². The Bertz CT molecular complexity index is 427. The van der Waals surface area contributed by atoms with Crippen LogP contribution < -0.4 is 11.1 Å². The average molecular weight is 262 g/mol. The maximum Gasteiger partial charge on any atom is 0.220 e. The van der Waals surface area contributed by atoms with Crippen LogP contribution in [0.15, 0.2) is 12.4 Å². The van der Waals surface area contributed by atoms with Gasteiger partial charge in [-0.15, -0.1) is 0 Å². The monoisotopic (exact) mass is 262 g/mol. The summed E-state index contributed by atoms with van der Waals surface area (Å²) in [6.07, 6.45) is 7.37. The van der Waals surface area contributed by atoms with E-state index < -0.39 is 0 Å². The smallest absolute Gasteiger partial charge is 0.220 e. The van der Waals surface area contributed by atoms with Crippen LogP contribution in [-0.2, 0) is 11.2 Å². The van der Waals surface area contributed by atoms with Gasteiger partial charge in [0.1, 0.15) is 12.1 Å². The van der Waals surface area contributed by atoms with E-state index in [0.717, 1.165) is 50.0 Å². The summed E-state index contributed by atoms with van der Waals surface area (Å²) in [5, 5.41) is 3.44. The quantitative estimate of drug-likeness (QED) is 0.849. The fraction of sp³-hybridized carbons (Fsp3) is 0.643. The Morgan fingerprint density at radius 2 is 2.11 bits per heavy atom. The van der Waals surface area contributed by atoms with Crippen LogP contribution in [0.25, 0.3) is 0 Å². The standard InChI is InChI=1S/C14H22N4O/c1-2-3-12-8-13(17-9-16-12)18-11-6-4-10(5-7-11)14(15)19/h8-11H,2-7H2,1H3,(H2,15,19)(H,16,17,18). The molecule has 1 heterocycles. The zero-order valence-electron chi connectivity index (χ0n) is 11.4.